The number of carbonyl (C=O) groups is 1. The number of ether oxygens (including phenoxy) is 1. The molecule has 1 aromatic carbocycles. The summed E-state index contributed by atoms with van der Waals surface area (Å²) < 4.78 is 5.64. The van der Waals surface area contributed by atoms with Crippen LogP contribution in [0.25, 0.3) is 0 Å². The van der Waals surface area contributed by atoms with E-state index < -0.39 is 0 Å². The Labute approximate surface area is 139 Å². The summed E-state index contributed by atoms with van der Waals surface area (Å²) in [5.74, 6) is 0.479. The van der Waals surface area contributed by atoms with Gasteiger partial charge in [-0.3, -0.25) is 4.79 Å². The standard InChI is InChI=1S/C19H30O4/c1-16(21)18-15-17(11-12-19(18)22)23-14-10-8-6-4-2-3-5-7-9-13-20/h11-12,15,20,22H,2-10,13-14H2,1H3. The van der Waals surface area contributed by atoms with Crippen LogP contribution in [0.2, 0.25) is 0 Å². The van der Waals surface area contributed by atoms with Gasteiger partial charge < -0.3 is 14.9 Å². The predicted molar refractivity (Wildman–Crippen MR) is 92.2 cm³/mol. The molecule has 0 unspecified atom stereocenters. The van der Waals surface area contributed by atoms with E-state index in [0.717, 1.165) is 25.7 Å². The van der Waals surface area contributed by atoms with E-state index >= 15 is 0 Å². The van der Waals surface area contributed by atoms with Gasteiger partial charge in [0.15, 0.2) is 5.78 Å². The number of phenolic OH excluding ortho intramolecular Hbond substituents is 1. The number of Topliss-reactive ketones (excluding diaryl/α,β-unsaturated/α-hetero) is 1. The predicted octanol–water partition coefficient (Wildman–Crippen LogP) is 4.48. The minimum absolute atomic E-state index is 0.00355. The largest absolute Gasteiger partial charge is 0.507 e. The lowest BCUT2D eigenvalue weighted by atomic mass is 10.1. The van der Waals surface area contributed by atoms with Crippen LogP contribution >= 0.6 is 0 Å². The van der Waals surface area contributed by atoms with Crippen LogP contribution in [0.3, 0.4) is 0 Å². The number of rotatable bonds is 13. The molecule has 0 aliphatic rings. The van der Waals surface area contributed by atoms with Crippen molar-refractivity contribution in [3.05, 3.63) is 23.8 Å². The number of carbonyl (C=O) groups excluding carboxylic acids is 1. The molecule has 0 saturated carbocycles. The van der Waals surface area contributed by atoms with Gasteiger partial charge in [-0.1, -0.05) is 44.9 Å². The van der Waals surface area contributed by atoms with Gasteiger partial charge in [0.05, 0.1) is 12.2 Å². The third kappa shape index (κ3) is 8.60. The van der Waals surface area contributed by atoms with E-state index in [1.807, 2.05) is 0 Å². The zero-order valence-electron chi connectivity index (χ0n) is 14.2. The van der Waals surface area contributed by atoms with E-state index in [2.05, 4.69) is 0 Å². The van der Waals surface area contributed by atoms with Gasteiger partial charge in [-0.2, -0.15) is 0 Å². The molecule has 0 aliphatic heterocycles. The van der Waals surface area contributed by atoms with Crippen LogP contribution in [0.5, 0.6) is 11.5 Å². The highest BCUT2D eigenvalue weighted by molar-refractivity contribution is 5.97. The van der Waals surface area contributed by atoms with E-state index in [-0.39, 0.29) is 11.5 Å². The molecule has 130 valence electrons. The number of benzene rings is 1. The van der Waals surface area contributed by atoms with Crippen LogP contribution in [0.4, 0.5) is 0 Å². The average molecular weight is 322 g/mol. The monoisotopic (exact) mass is 322 g/mol. The summed E-state index contributed by atoms with van der Waals surface area (Å²) in [4.78, 5) is 11.4. The third-order valence-electron chi connectivity index (χ3n) is 3.92. The van der Waals surface area contributed by atoms with Crippen molar-refractivity contribution in [1.29, 1.82) is 0 Å². The minimum atomic E-state index is -0.160. The van der Waals surface area contributed by atoms with Crippen molar-refractivity contribution in [3.8, 4) is 11.5 Å². The first-order valence-electron chi connectivity index (χ1n) is 8.72. The smallest absolute Gasteiger partial charge is 0.163 e. The number of hydrogen-bond donors (Lipinski definition) is 2. The number of ketones is 1. The van der Waals surface area contributed by atoms with E-state index in [1.54, 1.807) is 12.1 Å². The van der Waals surface area contributed by atoms with E-state index in [1.165, 1.54) is 45.1 Å². The Morgan fingerprint density at radius 2 is 1.52 bits per heavy atom. The van der Waals surface area contributed by atoms with Gasteiger partial charge in [-0.05, 0) is 38.0 Å². The first-order chi connectivity index (χ1) is 11.1. The summed E-state index contributed by atoms with van der Waals surface area (Å²) in [6.07, 6.45) is 10.5. The molecule has 0 amide bonds. The molecule has 0 saturated heterocycles. The van der Waals surface area contributed by atoms with Crippen molar-refractivity contribution in [1.82, 2.24) is 0 Å². The molecule has 1 rings (SSSR count). The van der Waals surface area contributed by atoms with Crippen LogP contribution in [-0.4, -0.2) is 29.2 Å². The number of aromatic hydroxyl groups is 1. The Hall–Kier alpha value is -1.55. The minimum Gasteiger partial charge on any atom is -0.507 e. The fourth-order valence-electron chi connectivity index (χ4n) is 2.53. The molecule has 2 N–H and O–H groups in total. The lowest BCUT2D eigenvalue weighted by Gasteiger charge is -2.08. The van der Waals surface area contributed by atoms with Gasteiger partial charge in [-0.25, -0.2) is 0 Å². The zero-order chi connectivity index (χ0) is 16.9. The summed E-state index contributed by atoms with van der Waals surface area (Å²) in [5.41, 5.74) is 0.309. The molecule has 4 nitrogen and oxygen atoms in total. The topological polar surface area (TPSA) is 66.8 Å². The second-order valence-corrected chi connectivity index (χ2v) is 5.99. The highest BCUT2D eigenvalue weighted by Crippen LogP contribution is 2.23. The molecule has 0 spiro atoms. The van der Waals surface area contributed by atoms with Crippen LogP contribution < -0.4 is 4.74 Å². The van der Waals surface area contributed by atoms with Crippen molar-refractivity contribution in [2.24, 2.45) is 0 Å². The number of aliphatic hydroxyl groups is 1. The molecule has 0 atom stereocenters. The van der Waals surface area contributed by atoms with Crippen molar-refractivity contribution in [2.75, 3.05) is 13.2 Å². The lowest BCUT2D eigenvalue weighted by Crippen LogP contribution is -1.99. The number of phenols is 1. The second-order valence-electron chi connectivity index (χ2n) is 5.99. The van der Waals surface area contributed by atoms with Crippen LogP contribution in [0.15, 0.2) is 18.2 Å². The molecule has 1 aromatic rings. The molecule has 0 radical (unpaired) electrons. The molecular weight excluding hydrogens is 292 g/mol. The Morgan fingerprint density at radius 3 is 2.09 bits per heavy atom. The average Bonchev–Trinajstić information content (AvgIpc) is 2.53. The quantitative estimate of drug-likeness (QED) is 0.415. The molecule has 0 aliphatic carbocycles. The number of hydrogen-bond acceptors (Lipinski definition) is 4. The molecule has 4 heteroatoms. The first kappa shape index (κ1) is 19.5. The van der Waals surface area contributed by atoms with Crippen molar-refractivity contribution in [2.45, 2.75) is 64.7 Å². The van der Waals surface area contributed by atoms with Gasteiger partial charge >= 0.3 is 0 Å². The van der Waals surface area contributed by atoms with Gasteiger partial charge in [0, 0.05) is 6.61 Å². The van der Waals surface area contributed by atoms with E-state index in [9.17, 15) is 9.90 Å². The van der Waals surface area contributed by atoms with Crippen molar-refractivity contribution < 1.29 is 19.7 Å². The molecule has 0 bridgehead atoms. The number of aliphatic hydroxyl groups excluding tert-OH is 1. The molecular formula is C19H30O4. The summed E-state index contributed by atoms with van der Waals surface area (Å²) >= 11 is 0. The Bertz CT molecular complexity index is 457. The molecule has 0 heterocycles. The van der Waals surface area contributed by atoms with Crippen LogP contribution in [0.1, 0.15) is 75.1 Å². The summed E-state index contributed by atoms with van der Waals surface area (Å²) in [7, 11) is 0. The maximum absolute atomic E-state index is 11.4. The SMILES string of the molecule is CC(=O)c1cc(OCCCCCCCCCCCO)ccc1O. The first-order valence-corrected chi connectivity index (χ1v) is 8.72. The molecule has 0 aromatic heterocycles. The van der Waals surface area contributed by atoms with Gasteiger partial charge in [0.2, 0.25) is 0 Å². The normalized spacial score (nSPS) is 10.7. The molecule has 0 fully saturated rings. The Morgan fingerprint density at radius 1 is 0.957 bits per heavy atom. The van der Waals surface area contributed by atoms with Crippen LogP contribution in [0, 0.1) is 0 Å². The fraction of sp³-hybridized carbons (Fsp3) is 0.632. The van der Waals surface area contributed by atoms with Crippen molar-refractivity contribution in [3.63, 3.8) is 0 Å². The summed E-state index contributed by atoms with van der Waals surface area (Å²) in [6, 6.07) is 4.79. The van der Waals surface area contributed by atoms with E-state index in [4.69, 9.17) is 9.84 Å². The second kappa shape index (κ2) is 11.9. The Balaban J connectivity index is 2.05. The fourth-order valence-corrected chi connectivity index (χ4v) is 2.53. The summed E-state index contributed by atoms with van der Waals surface area (Å²) in [6.45, 7) is 2.39. The maximum Gasteiger partial charge on any atom is 0.163 e. The third-order valence-corrected chi connectivity index (χ3v) is 3.92. The van der Waals surface area contributed by atoms with Gasteiger partial charge in [0.25, 0.3) is 0 Å². The Kier molecular flexibility index (Phi) is 10.1. The van der Waals surface area contributed by atoms with Gasteiger partial charge in [0.1, 0.15) is 11.5 Å². The number of unbranched alkanes of at least 4 members (excludes halogenated alkanes) is 8. The molecule has 23 heavy (non-hydrogen) atoms. The lowest BCUT2D eigenvalue weighted by molar-refractivity contribution is 0.101. The zero-order valence-corrected chi connectivity index (χ0v) is 14.2. The van der Waals surface area contributed by atoms with E-state index in [0.29, 0.717) is 24.5 Å². The van der Waals surface area contributed by atoms with Crippen molar-refractivity contribution >= 4 is 5.78 Å². The highest BCUT2D eigenvalue weighted by Gasteiger charge is 2.07. The highest BCUT2D eigenvalue weighted by atomic mass is 16.5. The maximum atomic E-state index is 11.4. The van der Waals surface area contributed by atoms with Gasteiger partial charge in [-0.15, -0.1) is 0 Å². The summed E-state index contributed by atoms with van der Waals surface area (Å²) in [5, 5.41) is 18.3. The van der Waals surface area contributed by atoms with Crippen LogP contribution in [-0.2, 0) is 0 Å².